The smallest absolute Gasteiger partial charge is 0.275 e. The fourth-order valence-corrected chi connectivity index (χ4v) is 1.91. The van der Waals surface area contributed by atoms with Gasteiger partial charge in [-0.1, -0.05) is 23.2 Å². The summed E-state index contributed by atoms with van der Waals surface area (Å²) in [6, 6.07) is 6.64. The van der Waals surface area contributed by atoms with Crippen LogP contribution in [0.4, 0.5) is 15.9 Å². The summed E-state index contributed by atoms with van der Waals surface area (Å²) in [7, 11) is 0. The van der Waals surface area contributed by atoms with Crippen molar-refractivity contribution in [3.05, 3.63) is 51.9 Å². The Balaban J connectivity index is 2.27. The molecule has 0 saturated carbocycles. The maximum Gasteiger partial charge on any atom is 0.275 e. The number of rotatable bonds is 3. The molecule has 1 amide bonds. The summed E-state index contributed by atoms with van der Waals surface area (Å²) < 4.78 is 13.2. The van der Waals surface area contributed by atoms with E-state index in [1.807, 2.05) is 0 Å². The molecule has 0 unspecified atom stereocenters. The summed E-state index contributed by atoms with van der Waals surface area (Å²) in [5.74, 6) is 4.31. The number of nitrogen functional groups attached to an aromatic ring is 1. The van der Waals surface area contributed by atoms with Crippen LogP contribution in [0.15, 0.2) is 30.3 Å². The van der Waals surface area contributed by atoms with Crippen LogP contribution in [-0.2, 0) is 0 Å². The number of amides is 1. The van der Waals surface area contributed by atoms with Crippen molar-refractivity contribution in [2.75, 3.05) is 10.7 Å². The first-order valence-electron chi connectivity index (χ1n) is 5.40. The molecule has 0 aliphatic carbocycles. The minimum Gasteiger partial charge on any atom is -0.320 e. The number of hydrogen-bond donors (Lipinski definition) is 3. The van der Waals surface area contributed by atoms with Crippen LogP contribution < -0.4 is 16.6 Å². The Kier molecular flexibility index (Phi) is 4.39. The van der Waals surface area contributed by atoms with Crippen molar-refractivity contribution in [3.63, 3.8) is 0 Å². The Morgan fingerprint density at radius 3 is 2.65 bits per heavy atom. The average Bonchev–Trinajstić information content (AvgIpc) is 2.37. The van der Waals surface area contributed by atoms with Crippen molar-refractivity contribution >= 4 is 40.6 Å². The molecular weight excluding hydrogens is 306 g/mol. The van der Waals surface area contributed by atoms with Crippen molar-refractivity contribution in [1.82, 2.24) is 4.98 Å². The monoisotopic (exact) mass is 314 g/mol. The predicted molar refractivity (Wildman–Crippen MR) is 76.4 cm³/mol. The van der Waals surface area contributed by atoms with E-state index in [4.69, 9.17) is 29.0 Å². The first-order chi connectivity index (χ1) is 9.49. The number of hydrogen-bond acceptors (Lipinski definition) is 4. The number of anilines is 2. The van der Waals surface area contributed by atoms with Crippen molar-refractivity contribution in [2.24, 2.45) is 5.84 Å². The van der Waals surface area contributed by atoms with E-state index < -0.39 is 11.7 Å². The molecule has 1 heterocycles. The first-order valence-corrected chi connectivity index (χ1v) is 6.16. The van der Waals surface area contributed by atoms with E-state index >= 15 is 0 Å². The molecule has 2 rings (SSSR count). The molecule has 4 N–H and O–H groups in total. The molecule has 0 fully saturated rings. The molecule has 1 aromatic heterocycles. The molecule has 5 nitrogen and oxygen atoms in total. The Hall–Kier alpha value is -1.89. The highest BCUT2D eigenvalue weighted by atomic mass is 35.5. The molecule has 0 bridgehead atoms. The van der Waals surface area contributed by atoms with Gasteiger partial charge in [0.25, 0.3) is 5.91 Å². The van der Waals surface area contributed by atoms with E-state index in [0.29, 0.717) is 0 Å². The second-order valence-corrected chi connectivity index (χ2v) is 4.63. The number of carbonyl (C=O) groups is 1. The number of halogens is 3. The number of pyridine rings is 1. The Morgan fingerprint density at radius 2 is 2.00 bits per heavy atom. The summed E-state index contributed by atoms with van der Waals surface area (Å²) in [6.45, 7) is 0. The molecule has 8 heteroatoms. The second-order valence-electron chi connectivity index (χ2n) is 3.78. The van der Waals surface area contributed by atoms with Crippen LogP contribution in [0.2, 0.25) is 10.0 Å². The van der Waals surface area contributed by atoms with Gasteiger partial charge in [0.15, 0.2) is 0 Å². The highest BCUT2D eigenvalue weighted by Gasteiger charge is 2.14. The molecule has 0 atom stereocenters. The number of hydrazine groups is 1. The van der Waals surface area contributed by atoms with Crippen molar-refractivity contribution in [1.29, 1.82) is 0 Å². The maximum absolute atomic E-state index is 13.2. The van der Waals surface area contributed by atoms with Gasteiger partial charge in [-0.25, -0.2) is 15.2 Å². The van der Waals surface area contributed by atoms with Gasteiger partial charge < -0.3 is 10.7 Å². The SMILES string of the molecule is NNc1ccc(Cl)c(C(=O)Nc2cc(F)cc(Cl)c2)n1. The van der Waals surface area contributed by atoms with Gasteiger partial charge in [0.1, 0.15) is 17.3 Å². The molecule has 0 spiro atoms. The van der Waals surface area contributed by atoms with Crippen molar-refractivity contribution in [3.8, 4) is 0 Å². The zero-order chi connectivity index (χ0) is 14.7. The van der Waals surface area contributed by atoms with Gasteiger partial charge in [-0.05, 0) is 30.3 Å². The third-order valence-electron chi connectivity index (χ3n) is 2.33. The summed E-state index contributed by atoms with van der Waals surface area (Å²) >= 11 is 11.6. The molecule has 0 aliphatic rings. The highest BCUT2D eigenvalue weighted by Crippen LogP contribution is 2.21. The highest BCUT2D eigenvalue weighted by molar-refractivity contribution is 6.34. The number of aromatic nitrogens is 1. The summed E-state index contributed by atoms with van der Waals surface area (Å²) in [5, 5.41) is 2.76. The number of benzene rings is 1. The minimum atomic E-state index is -0.603. The lowest BCUT2D eigenvalue weighted by Crippen LogP contribution is -2.17. The van der Waals surface area contributed by atoms with Gasteiger partial charge in [0.2, 0.25) is 0 Å². The largest absolute Gasteiger partial charge is 0.320 e. The van der Waals surface area contributed by atoms with E-state index in [0.717, 1.165) is 12.1 Å². The Morgan fingerprint density at radius 1 is 1.25 bits per heavy atom. The predicted octanol–water partition coefficient (Wildman–Crippen LogP) is 3.07. The van der Waals surface area contributed by atoms with Crippen LogP contribution >= 0.6 is 23.2 Å². The summed E-state index contributed by atoms with van der Waals surface area (Å²) in [6.07, 6.45) is 0. The molecule has 0 saturated heterocycles. The van der Waals surface area contributed by atoms with Gasteiger partial charge in [-0.2, -0.15) is 0 Å². The lowest BCUT2D eigenvalue weighted by atomic mass is 10.2. The van der Waals surface area contributed by atoms with Crippen LogP contribution in [0, 0.1) is 5.82 Å². The zero-order valence-corrected chi connectivity index (χ0v) is 11.5. The minimum absolute atomic E-state index is 0.0394. The van der Waals surface area contributed by atoms with E-state index in [2.05, 4.69) is 15.7 Å². The van der Waals surface area contributed by atoms with Crippen molar-refractivity contribution < 1.29 is 9.18 Å². The van der Waals surface area contributed by atoms with Crippen LogP contribution in [0.25, 0.3) is 0 Å². The van der Waals surface area contributed by atoms with Crippen LogP contribution in [0.5, 0.6) is 0 Å². The summed E-state index contributed by atoms with van der Waals surface area (Å²) in [5.41, 5.74) is 2.46. The average molecular weight is 315 g/mol. The molecule has 0 radical (unpaired) electrons. The fourth-order valence-electron chi connectivity index (χ4n) is 1.50. The Labute approximate surface area is 123 Å². The van der Waals surface area contributed by atoms with E-state index in [9.17, 15) is 9.18 Å². The normalized spacial score (nSPS) is 10.2. The lowest BCUT2D eigenvalue weighted by Gasteiger charge is -2.08. The van der Waals surface area contributed by atoms with Gasteiger partial charge in [0.05, 0.1) is 5.02 Å². The molecule has 0 aliphatic heterocycles. The number of carbonyl (C=O) groups excluding carboxylic acids is 1. The van der Waals surface area contributed by atoms with E-state index in [-0.39, 0.29) is 27.2 Å². The second kappa shape index (κ2) is 6.04. The summed E-state index contributed by atoms with van der Waals surface area (Å²) in [4.78, 5) is 16.0. The molecule has 2 aromatic rings. The standard InChI is InChI=1S/C12H9Cl2FN4O/c13-6-3-7(15)5-8(4-6)17-12(20)11-9(14)1-2-10(18-11)19-16/h1-5H,16H2,(H,17,20)(H,18,19). The van der Waals surface area contributed by atoms with Gasteiger partial charge in [0, 0.05) is 10.7 Å². The fraction of sp³-hybridized carbons (Fsp3) is 0. The third-order valence-corrected chi connectivity index (χ3v) is 2.85. The van der Waals surface area contributed by atoms with Crippen molar-refractivity contribution in [2.45, 2.75) is 0 Å². The molecule has 104 valence electrons. The van der Waals surface area contributed by atoms with Gasteiger partial charge >= 0.3 is 0 Å². The molecular formula is C12H9Cl2FN4O. The molecule has 1 aromatic carbocycles. The van der Waals surface area contributed by atoms with Gasteiger partial charge in [-0.3, -0.25) is 4.79 Å². The number of nitrogens with two attached hydrogens (primary N) is 1. The maximum atomic E-state index is 13.2. The van der Waals surface area contributed by atoms with Crippen LogP contribution in [0.3, 0.4) is 0 Å². The van der Waals surface area contributed by atoms with Crippen LogP contribution in [-0.4, -0.2) is 10.9 Å². The van der Waals surface area contributed by atoms with Crippen LogP contribution in [0.1, 0.15) is 10.5 Å². The third kappa shape index (κ3) is 3.36. The number of nitrogens with zero attached hydrogens (tertiary/aromatic N) is 1. The van der Waals surface area contributed by atoms with Gasteiger partial charge in [-0.15, -0.1) is 0 Å². The lowest BCUT2D eigenvalue weighted by molar-refractivity contribution is 0.102. The van der Waals surface area contributed by atoms with E-state index in [1.165, 1.54) is 18.2 Å². The molecule has 20 heavy (non-hydrogen) atoms. The number of nitrogens with one attached hydrogen (secondary N) is 2. The Bertz CT molecular complexity index is 646. The topological polar surface area (TPSA) is 80.0 Å². The van der Waals surface area contributed by atoms with E-state index in [1.54, 1.807) is 0 Å². The quantitative estimate of drug-likeness (QED) is 0.601. The first kappa shape index (κ1) is 14.5. The zero-order valence-electron chi connectivity index (χ0n) is 9.95.